The van der Waals surface area contributed by atoms with Gasteiger partial charge in [0.15, 0.2) is 5.96 Å². The molecule has 0 unspecified atom stereocenters. The number of carbonyl (C=O) groups is 1. The van der Waals surface area contributed by atoms with E-state index in [-0.39, 0.29) is 36.4 Å². The molecule has 2 rings (SSSR count). The van der Waals surface area contributed by atoms with Gasteiger partial charge in [0.2, 0.25) is 5.91 Å². The van der Waals surface area contributed by atoms with Gasteiger partial charge in [-0.2, -0.15) is 0 Å². The zero-order chi connectivity index (χ0) is 18.8. The molecule has 2 heterocycles. The van der Waals surface area contributed by atoms with E-state index in [9.17, 15) is 4.79 Å². The molecule has 0 radical (unpaired) electrons. The first-order valence-corrected chi connectivity index (χ1v) is 9.52. The Morgan fingerprint density at radius 1 is 1.22 bits per heavy atom. The summed E-state index contributed by atoms with van der Waals surface area (Å²) in [4.78, 5) is 24.8. The van der Waals surface area contributed by atoms with Crippen LogP contribution in [0.25, 0.3) is 0 Å². The van der Waals surface area contributed by atoms with Crippen LogP contribution in [0.2, 0.25) is 0 Å². The van der Waals surface area contributed by atoms with Crippen LogP contribution in [0.4, 0.5) is 5.82 Å². The summed E-state index contributed by atoms with van der Waals surface area (Å²) in [6.45, 7) is 5.70. The summed E-state index contributed by atoms with van der Waals surface area (Å²) < 4.78 is 0. The molecule has 0 atom stereocenters. The number of carbonyl (C=O) groups excluding carboxylic acids is 1. The van der Waals surface area contributed by atoms with Gasteiger partial charge in [0, 0.05) is 39.9 Å². The third-order valence-electron chi connectivity index (χ3n) is 4.41. The van der Waals surface area contributed by atoms with Gasteiger partial charge in [-0.05, 0) is 37.5 Å². The minimum atomic E-state index is 0. The van der Waals surface area contributed by atoms with E-state index in [0.29, 0.717) is 12.5 Å². The van der Waals surface area contributed by atoms with Gasteiger partial charge in [-0.15, -0.1) is 24.0 Å². The zero-order valence-electron chi connectivity index (χ0n) is 16.7. The number of nitrogens with zero attached hydrogens (tertiary/aromatic N) is 4. The van der Waals surface area contributed by atoms with Crippen molar-refractivity contribution in [2.24, 2.45) is 4.99 Å². The molecular formula is C19H33IN6O. The van der Waals surface area contributed by atoms with Crippen LogP contribution < -0.4 is 15.5 Å². The van der Waals surface area contributed by atoms with Crippen LogP contribution >= 0.6 is 24.0 Å². The molecular weight excluding hydrogens is 455 g/mol. The molecule has 1 aromatic heterocycles. The standard InChI is InChI=1S/C19H32N6O.HI/c1-4-20-19(23-15-18(26)24(2)3)22-14-16-9-10-21-17(13-16)25-11-7-5-6-8-12-25;/h9-10,13H,4-8,11-12,14-15H2,1-3H3,(H2,20,22,23);1H. The SMILES string of the molecule is CCNC(=NCc1ccnc(N2CCCCCC2)c1)NCC(=O)N(C)C.I. The fourth-order valence-electron chi connectivity index (χ4n) is 2.86. The van der Waals surface area contributed by atoms with Crippen molar-refractivity contribution in [2.45, 2.75) is 39.2 Å². The quantitative estimate of drug-likeness (QED) is 0.365. The fraction of sp³-hybridized carbons (Fsp3) is 0.632. The van der Waals surface area contributed by atoms with Gasteiger partial charge < -0.3 is 20.4 Å². The number of pyridine rings is 1. The average molecular weight is 488 g/mol. The van der Waals surface area contributed by atoms with E-state index in [1.165, 1.54) is 25.7 Å². The summed E-state index contributed by atoms with van der Waals surface area (Å²) in [5.74, 6) is 1.71. The van der Waals surface area contributed by atoms with Crippen molar-refractivity contribution in [3.8, 4) is 0 Å². The van der Waals surface area contributed by atoms with Gasteiger partial charge in [0.05, 0.1) is 13.1 Å². The van der Waals surface area contributed by atoms with E-state index in [2.05, 4.69) is 31.6 Å². The maximum atomic E-state index is 11.7. The highest BCUT2D eigenvalue weighted by atomic mass is 127. The van der Waals surface area contributed by atoms with E-state index >= 15 is 0 Å². The third-order valence-corrected chi connectivity index (χ3v) is 4.41. The lowest BCUT2D eigenvalue weighted by atomic mass is 10.2. The Morgan fingerprint density at radius 2 is 1.93 bits per heavy atom. The highest BCUT2D eigenvalue weighted by Gasteiger charge is 2.11. The van der Waals surface area contributed by atoms with Crippen molar-refractivity contribution in [2.75, 3.05) is 45.2 Å². The van der Waals surface area contributed by atoms with Gasteiger partial charge in [0.25, 0.3) is 0 Å². The normalized spacial score (nSPS) is 14.8. The van der Waals surface area contributed by atoms with Crippen LogP contribution in [0.5, 0.6) is 0 Å². The number of amides is 1. The van der Waals surface area contributed by atoms with Gasteiger partial charge in [-0.25, -0.2) is 9.98 Å². The molecule has 1 aromatic rings. The van der Waals surface area contributed by atoms with E-state index in [1.54, 1.807) is 19.0 Å². The van der Waals surface area contributed by atoms with E-state index in [4.69, 9.17) is 0 Å². The summed E-state index contributed by atoms with van der Waals surface area (Å²) >= 11 is 0. The number of rotatable bonds is 6. The van der Waals surface area contributed by atoms with Crippen LogP contribution in [-0.4, -0.2) is 62.0 Å². The van der Waals surface area contributed by atoms with Crippen molar-refractivity contribution < 1.29 is 4.79 Å². The number of halogens is 1. The Balaban J connectivity index is 0.00000364. The predicted octanol–water partition coefficient (Wildman–Crippen LogP) is 2.22. The van der Waals surface area contributed by atoms with Gasteiger partial charge in [-0.1, -0.05) is 12.8 Å². The van der Waals surface area contributed by atoms with E-state index in [1.807, 2.05) is 19.2 Å². The number of aromatic nitrogens is 1. The first-order chi connectivity index (χ1) is 12.6. The molecule has 0 bridgehead atoms. The molecule has 0 aromatic carbocycles. The topological polar surface area (TPSA) is 72.9 Å². The minimum Gasteiger partial charge on any atom is -0.357 e. The van der Waals surface area contributed by atoms with Crippen molar-refractivity contribution in [1.82, 2.24) is 20.5 Å². The molecule has 1 fully saturated rings. The molecule has 0 spiro atoms. The van der Waals surface area contributed by atoms with Crippen LogP contribution in [0.1, 0.15) is 38.2 Å². The lowest BCUT2D eigenvalue weighted by molar-refractivity contribution is -0.127. The Bertz CT molecular complexity index is 600. The fourth-order valence-corrected chi connectivity index (χ4v) is 2.86. The summed E-state index contributed by atoms with van der Waals surface area (Å²) in [6.07, 6.45) is 6.95. The zero-order valence-corrected chi connectivity index (χ0v) is 19.0. The number of likely N-dealkylation sites (N-methyl/N-ethyl adjacent to an activating group) is 1. The van der Waals surface area contributed by atoms with E-state index in [0.717, 1.165) is 31.0 Å². The molecule has 0 saturated carbocycles. The average Bonchev–Trinajstić information content (AvgIpc) is 2.93. The monoisotopic (exact) mass is 488 g/mol. The van der Waals surface area contributed by atoms with Crippen molar-refractivity contribution in [3.63, 3.8) is 0 Å². The Kier molecular flexibility index (Phi) is 11.1. The van der Waals surface area contributed by atoms with Gasteiger partial charge in [-0.3, -0.25) is 4.79 Å². The molecule has 8 heteroatoms. The Labute approximate surface area is 180 Å². The molecule has 7 nitrogen and oxygen atoms in total. The number of hydrogen-bond donors (Lipinski definition) is 2. The molecule has 27 heavy (non-hydrogen) atoms. The number of hydrogen-bond acceptors (Lipinski definition) is 4. The summed E-state index contributed by atoms with van der Waals surface area (Å²) in [6, 6.07) is 4.13. The summed E-state index contributed by atoms with van der Waals surface area (Å²) in [7, 11) is 3.49. The second-order valence-corrected chi connectivity index (χ2v) is 6.76. The number of aliphatic imine (C=N–C) groups is 1. The van der Waals surface area contributed by atoms with Crippen LogP contribution in [0.15, 0.2) is 23.3 Å². The molecule has 0 aliphatic carbocycles. The molecule has 2 N–H and O–H groups in total. The second-order valence-electron chi connectivity index (χ2n) is 6.76. The minimum absolute atomic E-state index is 0. The Hall–Kier alpha value is -1.58. The summed E-state index contributed by atoms with van der Waals surface area (Å²) in [5, 5.41) is 6.26. The van der Waals surface area contributed by atoms with E-state index < -0.39 is 0 Å². The second kappa shape index (κ2) is 12.7. The lowest BCUT2D eigenvalue weighted by Crippen LogP contribution is -2.42. The Morgan fingerprint density at radius 3 is 2.56 bits per heavy atom. The number of nitrogens with one attached hydrogen (secondary N) is 2. The predicted molar refractivity (Wildman–Crippen MR) is 122 cm³/mol. The van der Waals surface area contributed by atoms with Crippen LogP contribution in [0, 0.1) is 0 Å². The van der Waals surface area contributed by atoms with Gasteiger partial charge in [0.1, 0.15) is 5.82 Å². The van der Waals surface area contributed by atoms with Crippen molar-refractivity contribution in [3.05, 3.63) is 23.9 Å². The third kappa shape index (κ3) is 8.32. The first-order valence-electron chi connectivity index (χ1n) is 9.52. The molecule has 1 amide bonds. The molecule has 152 valence electrons. The number of anilines is 1. The van der Waals surface area contributed by atoms with Crippen molar-refractivity contribution >= 4 is 41.7 Å². The highest BCUT2D eigenvalue weighted by Crippen LogP contribution is 2.18. The maximum absolute atomic E-state index is 11.7. The van der Waals surface area contributed by atoms with Crippen LogP contribution in [-0.2, 0) is 11.3 Å². The van der Waals surface area contributed by atoms with Crippen LogP contribution in [0.3, 0.4) is 0 Å². The largest absolute Gasteiger partial charge is 0.357 e. The molecule has 1 saturated heterocycles. The smallest absolute Gasteiger partial charge is 0.241 e. The molecule has 1 aliphatic heterocycles. The highest BCUT2D eigenvalue weighted by molar-refractivity contribution is 14.0. The summed E-state index contributed by atoms with van der Waals surface area (Å²) in [5.41, 5.74) is 1.12. The van der Waals surface area contributed by atoms with Crippen molar-refractivity contribution in [1.29, 1.82) is 0 Å². The number of guanidine groups is 1. The maximum Gasteiger partial charge on any atom is 0.241 e. The first kappa shape index (κ1) is 23.5. The molecule has 1 aliphatic rings. The van der Waals surface area contributed by atoms with Gasteiger partial charge >= 0.3 is 0 Å². The lowest BCUT2D eigenvalue weighted by Gasteiger charge is -2.21.